The van der Waals surface area contributed by atoms with Crippen LogP contribution < -0.4 is 5.32 Å². The molecule has 0 radical (unpaired) electrons. The van der Waals surface area contributed by atoms with E-state index in [4.69, 9.17) is 0 Å². The maximum Gasteiger partial charge on any atom is 0.228 e. The summed E-state index contributed by atoms with van der Waals surface area (Å²) in [7, 11) is 0. The van der Waals surface area contributed by atoms with E-state index >= 15 is 0 Å². The minimum Gasteiger partial charge on any atom is -0.388 e. The van der Waals surface area contributed by atoms with Crippen molar-refractivity contribution in [2.45, 2.75) is 17.4 Å². The van der Waals surface area contributed by atoms with Gasteiger partial charge in [0.2, 0.25) is 5.91 Å². The van der Waals surface area contributed by atoms with Gasteiger partial charge in [0, 0.05) is 6.20 Å². The maximum absolute atomic E-state index is 11.8. The van der Waals surface area contributed by atoms with Crippen LogP contribution in [0.2, 0.25) is 0 Å². The predicted molar refractivity (Wildman–Crippen MR) is 77.9 cm³/mol. The zero-order chi connectivity index (χ0) is 15.2. The molecule has 0 saturated carbocycles. The summed E-state index contributed by atoms with van der Waals surface area (Å²) in [5.74, 6) is -0.0477. The third-order valence-corrected chi connectivity index (χ3v) is 3.53. The number of pyridine rings is 1. The first-order valence-electron chi connectivity index (χ1n) is 6.16. The van der Waals surface area contributed by atoms with Gasteiger partial charge in [0.15, 0.2) is 11.1 Å². The number of aliphatic hydroxyl groups is 1. The average Bonchev–Trinajstić information content (AvgIpc) is 2.48. The minimum atomic E-state index is -2.22. The highest BCUT2D eigenvalue weighted by Crippen LogP contribution is 2.23. The Balaban J connectivity index is 2.06. The van der Waals surface area contributed by atoms with Crippen LogP contribution in [0.1, 0.15) is 18.1 Å². The Hall–Kier alpha value is -2.09. The van der Waals surface area contributed by atoms with Crippen LogP contribution in [0.25, 0.3) is 0 Å². The molecule has 21 heavy (non-hydrogen) atoms. The van der Waals surface area contributed by atoms with E-state index in [0.717, 1.165) is 0 Å². The first-order chi connectivity index (χ1) is 10.1. The molecule has 1 amide bonds. The Kier molecular flexibility index (Phi) is 5.15. The lowest BCUT2D eigenvalue weighted by Crippen LogP contribution is -2.17. The number of amides is 1. The molecule has 6 nitrogen and oxygen atoms in total. The zero-order valence-corrected chi connectivity index (χ0v) is 11.8. The number of hydrogen-bond donors (Lipinski definition) is 3. The van der Waals surface area contributed by atoms with Gasteiger partial charge in [0.1, 0.15) is 5.82 Å². The molecule has 1 aromatic heterocycles. The van der Waals surface area contributed by atoms with Crippen LogP contribution in [0.3, 0.4) is 0 Å². The van der Waals surface area contributed by atoms with Gasteiger partial charge in [-0.25, -0.2) is 9.19 Å². The molecule has 0 fully saturated rings. The summed E-state index contributed by atoms with van der Waals surface area (Å²) < 4.78 is 20.4. The number of benzene rings is 1. The van der Waals surface area contributed by atoms with Crippen molar-refractivity contribution in [3.63, 3.8) is 0 Å². The molecule has 1 aromatic carbocycles. The van der Waals surface area contributed by atoms with Crippen LogP contribution >= 0.6 is 0 Å². The molecule has 0 aliphatic heterocycles. The summed E-state index contributed by atoms with van der Waals surface area (Å²) >= 11 is -2.22. The van der Waals surface area contributed by atoms with Crippen molar-refractivity contribution in [1.82, 2.24) is 4.98 Å². The molecule has 0 aliphatic rings. The highest BCUT2D eigenvalue weighted by Gasteiger charge is 2.18. The highest BCUT2D eigenvalue weighted by atomic mass is 32.2. The summed E-state index contributed by atoms with van der Waals surface area (Å²) in [6.45, 7) is 0. The van der Waals surface area contributed by atoms with Crippen molar-refractivity contribution in [3.05, 3.63) is 54.2 Å². The molecule has 0 aliphatic carbocycles. The molecule has 2 atom stereocenters. The third kappa shape index (κ3) is 4.19. The SMILES string of the molecule is O=C(CC(O)c1ccccc1S(=O)O)Nc1ccccn1. The molecular formula is C14H14N2O4S. The van der Waals surface area contributed by atoms with Crippen LogP contribution in [0.4, 0.5) is 5.82 Å². The number of aromatic nitrogens is 1. The molecule has 2 unspecified atom stereocenters. The van der Waals surface area contributed by atoms with Gasteiger partial charge in [-0.05, 0) is 23.8 Å². The van der Waals surface area contributed by atoms with Crippen LogP contribution in [0.15, 0.2) is 53.6 Å². The molecule has 0 spiro atoms. The Morgan fingerprint density at radius 1 is 1.24 bits per heavy atom. The standard InChI is InChI=1S/C14H14N2O4S/c17-11(10-5-1-2-6-12(10)21(19)20)9-14(18)16-13-7-3-4-8-15-13/h1-8,11,17H,9H2,(H,19,20)(H,15,16,18). The van der Waals surface area contributed by atoms with Gasteiger partial charge < -0.3 is 15.0 Å². The number of hydrogen-bond acceptors (Lipinski definition) is 4. The average molecular weight is 306 g/mol. The summed E-state index contributed by atoms with van der Waals surface area (Å²) in [4.78, 5) is 15.9. The van der Waals surface area contributed by atoms with Crippen molar-refractivity contribution in [3.8, 4) is 0 Å². The third-order valence-electron chi connectivity index (χ3n) is 2.78. The number of nitrogens with one attached hydrogen (secondary N) is 1. The van der Waals surface area contributed by atoms with E-state index in [-0.39, 0.29) is 16.9 Å². The Bertz CT molecular complexity index is 648. The fourth-order valence-corrected chi connectivity index (χ4v) is 2.43. The Labute approximate surface area is 124 Å². The normalized spacial score (nSPS) is 13.4. The van der Waals surface area contributed by atoms with Gasteiger partial charge in [-0.1, -0.05) is 24.3 Å². The molecular weight excluding hydrogens is 292 g/mol. The van der Waals surface area contributed by atoms with Gasteiger partial charge in [-0.15, -0.1) is 0 Å². The van der Waals surface area contributed by atoms with E-state index in [0.29, 0.717) is 5.82 Å². The van der Waals surface area contributed by atoms with Crippen molar-refractivity contribution in [2.24, 2.45) is 0 Å². The predicted octanol–water partition coefficient (Wildman–Crippen LogP) is 1.72. The molecule has 110 valence electrons. The first-order valence-corrected chi connectivity index (χ1v) is 7.27. The van der Waals surface area contributed by atoms with E-state index in [9.17, 15) is 18.7 Å². The van der Waals surface area contributed by atoms with Crippen LogP contribution in [-0.2, 0) is 15.9 Å². The van der Waals surface area contributed by atoms with Crippen molar-refractivity contribution < 1.29 is 18.7 Å². The van der Waals surface area contributed by atoms with E-state index in [1.807, 2.05) is 0 Å². The monoisotopic (exact) mass is 306 g/mol. The Morgan fingerprint density at radius 3 is 2.62 bits per heavy atom. The van der Waals surface area contributed by atoms with Crippen molar-refractivity contribution >= 4 is 22.8 Å². The molecule has 0 saturated heterocycles. The number of aliphatic hydroxyl groups excluding tert-OH is 1. The summed E-state index contributed by atoms with van der Waals surface area (Å²) in [6, 6.07) is 11.2. The second-order valence-corrected chi connectivity index (χ2v) is 5.21. The number of rotatable bonds is 5. The van der Waals surface area contributed by atoms with Gasteiger partial charge in [-0.2, -0.15) is 0 Å². The van der Waals surface area contributed by atoms with Crippen molar-refractivity contribution in [2.75, 3.05) is 5.32 Å². The quantitative estimate of drug-likeness (QED) is 0.730. The lowest BCUT2D eigenvalue weighted by Gasteiger charge is -2.13. The molecule has 0 bridgehead atoms. The smallest absolute Gasteiger partial charge is 0.228 e. The van der Waals surface area contributed by atoms with E-state index < -0.39 is 23.1 Å². The number of carbonyl (C=O) groups excluding carboxylic acids is 1. The lowest BCUT2D eigenvalue weighted by molar-refractivity contribution is -0.118. The van der Waals surface area contributed by atoms with Crippen LogP contribution in [0, 0.1) is 0 Å². The molecule has 2 rings (SSSR count). The minimum absolute atomic E-state index is 0.0932. The van der Waals surface area contributed by atoms with E-state index in [1.165, 1.54) is 18.3 Å². The summed E-state index contributed by atoms with van der Waals surface area (Å²) in [5.41, 5.74) is 0.259. The fourth-order valence-electron chi connectivity index (χ4n) is 1.83. The fraction of sp³-hybridized carbons (Fsp3) is 0.143. The molecule has 2 aromatic rings. The topological polar surface area (TPSA) is 99.5 Å². The number of nitrogens with zero attached hydrogens (tertiary/aromatic N) is 1. The Morgan fingerprint density at radius 2 is 1.95 bits per heavy atom. The number of carbonyl (C=O) groups is 1. The largest absolute Gasteiger partial charge is 0.388 e. The van der Waals surface area contributed by atoms with E-state index in [2.05, 4.69) is 10.3 Å². The second kappa shape index (κ2) is 7.07. The summed E-state index contributed by atoms with van der Waals surface area (Å²) in [5, 5.41) is 12.6. The maximum atomic E-state index is 11.8. The van der Waals surface area contributed by atoms with Gasteiger partial charge in [0.05, 0.1) is 17.4 Å². The molecule has 1 heterocycles. The lowest BCUT2D eigenvalue weighted by atomic mass is 10.1. The zero-order valence-electron chi connectivity index (χ0n) is 11.0. The van der Waals surface area contributed by atoms with Gasteiger partial charge in [0.25, 0.3) is 0 Å². The highest BCUT2D eigenvalue weighted by molar-refractivity contribution is 7.79. The second-order valence-electron chi connectivity index (χ2n) is 4.27. The van der Waals surface area contributed by atoms with Gasteiger partial charge >= 0.3 is 0 Å². The summed E-state index contributed by atoms with van der Waals surface area (Å²) in [6.07, 6.45) is 0.141. The van der Waals surface area contributed by atoms with E-state index in [1.54, 1.807) is 30.3 Å². The first kappa shape index (κ1) is 15.3. The van der Waals surface area contributed by atoms with Crippen LogP contribution in [-0.4, -0.2) is 24.8 Å². The molecule has 3 N–H and O–H groups in total. The number of anilines is 1. The van der Waals surface area contributed by atoms with Crippen molar-refractivity contribution in [1.29, 1.82) is 0 Å². The van der Waals surface area contributed by atoms with Crippen LogP contribution in [0.5, 0.6) is 0 Å². The molecule has 7 heteroatoms. The van der Waals surface area contributed by atoms with Gasteiger partial charge in [-0.3, -0.25) is 4.79 Å².